The van der Waals surface area contributed by atoms with E-state index < -0.39 is 15.9 Å². The van der Waals surface area contributed by atoms with Crippen LogP contribution in [0.25, 0.3) is 0 Å². The Morgan fingerprint density at radius 1 is 1.60 bits per heavy atom. The van der Waals surface area contributed by atoms with E-state index in [1.54, 1.807) is 6.92 Å². The van der Waals surface area contributed by atoms with Crippen molar-refractivity contribution in [2.24, 2.45) is 0 Å². The average molecular weight is 235 g/mol. The minimum Gasteiger partial charge on any atom is -0.447 e. The highest BCUT2D eigenvalue weighted by atomic mass is 32.2. The van der Waals surface area contributed by atoms with Crippen LogP contribution >= 0.6 is 0 Å². The Kier molecular flexibility index (Phi) is 3.96. The first-order valence-corrected chi connectivity index (χ1v) is 6.92. The summed E-state index contributed by atoms with van der Waals surface area (Å²) in [5, 5.41) is 2.56. The zero-order valence-corrected chi connectivity index (χ0v) is 9.84. The normalized spacial score (nSPS) is 25.9. The molecule has 0 radical (unpaired) electrons. The average Bonchev–Trinajstić information content (AvgIpc) is 2.44. The van der Waals surface area contributed by atoms with Gasteiger partial charge in [0.2, 0.25) is 0 Å². The molecule has 1 aliphatic heterocycles. The van der Waals surface area contributed by atoms with Crippen LogP contribution < -0.4 is 5.32 Å². The molecule has 1 N–H and O–H groups in total. The minimum atomic E-state index is -2.95. The van der Waals surface area contributed by atoms with Gasteiger partial charge in [-0.15, -0.1) is 0 Å². The maximum Gasteiger partial charge on any atom is 0.407 e. The number of sulfone groups is 1. The molecular formula is C9H17NO4S. The maximum absolute atomic E-state index is 11.3. The summed E-state index contributed by atoms with van der Waals surface area (Å²) in [4.78, 5) is 11.3. The van der Waals surface area contributed by atoms with E-state index in [-0.39, 0.29) is 23.7 Å². The smallest absolute Gasteiger partial charge is 0.407 e. The number of rotatable bonds is 3. The summed E-state index contributed by atoms with van der Waals surface area (Å²) >= 11 is 0. The first-order chi connectivity index (χ1) is 6.93. The van der Waals surface area contributed by atoms with Crippen molar-refractivity contribution in [3.05, 3.63) is 0 Å². The van der Waals surface area contributed by atoms with E-state index in [1.165, 1.54) is 0 Å². The van der Waals surface area contributed by atoms with Gasteiger partial charge in [-0.3, -0.25) is 0 Å². The summed E-state index contributed by atoms with van der Waals surface area (Å²) in [6, 6.07) is -0.286. The topological polar surface area (TPSA) is 72.5 Å². The predicted octanol–water partition coefficient (Wildman–Crippen LogP) is 0.698. The SMILES string of the molecule is CC[C@H](C)OC(=O)N[C@H]1CCS(=O)(=O)C1. The van der Waals surface area contributed by atoms with Crippen molar-refractivity contribution in [3.63, 3.8) is 0 Å². The zero-order chi connectivity index (χ0) is 11.5. The van der Waals surface area contributed by atoms with Gasteiger partial charge in [0.15, 0.2) is 9.84 Å². The van der Waals surface area contributed by atoms with E-state index in [1.807, 2.05) is 6.92 Å². The molecule has 0 aliphatic carbocycles. The Hall–Kier alpha value is -0.780. The second-order valence-electron chi connectivity index (χ2n) is 3.87. The fourth-order valence-electron chi connectivity index (χ4n) is 1.38. The summed E-state index contributed by atoms with van der Waals surface area (Å²) in [5.41, 5.74) is 0. The summed E-state index contributed by atoms with van der Waals surface area (Å²) in [5.74, 6) is 0.184. The minimum absolute atomic E-state index is 0.0304. The molecule has 6 heteroatoms. The second-order valence-corrected chi connectivity index (χ2v) is 6.10. The van der Waals surface area contributed by atoms with Gasteiger partial charge < -0.3 is 10.1 Å². The highest BCUT2D eigenvalue weighted by Crippen LogP contribution is 2.11. The standard InChI is InChI=1S/C9H17NO4S/c1-3-7(2)14-9(11)10-8-4-5-15(12,13)6-8/h7-8H,3-6H2,1-2H3,(H,10,11)/t7-,8-/m0/s1. The van der Waals surface area contributed by atoms with Crippen molar-refractivity contribution in [2.75, 3.05) is 11.5 Å². The Labute approximate surface area is 90.1 Å². The van der Waals surface area contributed by atoms with Crippen LogP contribution in [0, 0.1) is 0 Å². The highest BCUT2D eigenvalue weighted by molar-refractivity contribution is 7.91. The maximum atomic E-state index is 11.3. The molecule has 1 saturated heterocycles. The van der Waals surface area contributed by atoms with Crippen molar-refractivity contribution >= 4 is 15.9 Å². The largest absolute Gasteiger partial charge is 0.447 e. The number of hydrogen-bond donors (Lipinski definition) is 1. The van der Waals surface area contributed by atoms with Crippen LogP contribution in [0.5, 0.6) is 0 Å². The van der Waals surface area contributed by atoms with Crippen LogP contribution in [0.1, 0.15) is 26.7 Å². The van der Waals surface area contributed by atoms with Crippen molar-refractivity contribution in [2.45, 2.75) is 38.8 Å². The van der Waals surface area contributed by atoms with Crippen LogP contribution in [0.2, 0.25) is 0 Å². The van der Waals surface area contributed by atoms with Gasteiger partial charge in [0.1, 0.15) is 6.10 Å². The van der Waals surface area contributed by atoms with Crippen LogP contribution in [0.3, 0.4) is 0 Å². The highest BCUT2D eigenvalue weighted by Gasteiger charge is 2.29. The third-order valence-electron chi connectivity index (χ3n) is 2.44. The molecule has 1 fully saturated rings. The molecule has 0 unspecified atom stereocenters. The fourth-order valence-corrected chi connectivity index (χ4v) is 3.05. The van der Waals surface area contributed by atoms with Gasteiger partial charge in [-0.25, -0.2) is 13.2 Å². The molecule has 1 aliphatic rings. The van der Waals surface area contributed by atoms with E-state index in [2.05, 4.69) is 5.32 Å². The number of amides is 1. The first kappa shape index (κ1) is 12.3. The number of carbonyl (C=O) groups excluding carboxylic acids is 1. The molecule has 0 aromatic carbocycles. The fraction of sp³-hybridized carbons (Fsp3) is 0.889. The lowest BCUT2D eigenvalue weighted by Crippen LogP contribution is -2.37. The molecule has 0 aromatic rings. The van der Waals surface area contributed by atoms with Gasteiger partial charge in [-0.1, -0.05) is 6.92 Å². The van der Waals surface area contributed by atoms with Crippen LogP contribution in [0.15, 0.2) is 0 Å². The molecule has 0 spiro atoms. The zero-order valence-electron chi connectivity index (χ0n) is 9.02. The van der Waals surface area contributed by atoms with E-state index in [0.717, 1.165) is 6.42 Å². The quantitative estimate of drug-likeness (QED) is 0.781. The molecule has 1 heterocycles. The van der Waals surface area contributed by atoms with Crippen molar-refractivity contribution in [1.82, 2.24) is 5.32 Å². The van der Waals surface area contributed by atoms with Crippen molar-refractivity contribution in [1.29, 1.82) is 0 Å². The van der Waals surface area contributed by atoms with Crippen LogP contribution in [-0.4, -0.2) is 38.2 Å². The number of nitrogens with one attached hydrogen (secondary N) is 1. The molecule has 5 nitrogen and oxygen atoms in total. The van der Waals surface area contributed by atoms with Crippen molar-refractivity contribution < 1.29 is 17.9 Å². The molecular weight excluding hydrogens is 218 g/mol. The van der Waals surface area contributed by atoms with E-state index in [0.29, 0.717) is 6.42 Å². The summed E-state index contributed by atoms with van der Waals surface area (Å²) in [6.45, 7) is 3.71. The third-order valence-corrected chi connectivity index (χ3v) is 4.21. The Balaban J connectivity index is 2.34. The number of alkyl carbamates (subject to hydrolysis) is 1. The first-order valence-electron chi connectivity index (χ1n) is 5.10. The van der Waals surface area contributed by atoms with Gasteiger partial charge in [-0.2, -0.15) is 0 Å². The van der Waals surface area contributed by atoms with E-state index in [4.69, 9.17) is 4.74 Å². The molecule has 1 amide bonds. The van der Waals surface area contributed by atoms with Gasteiger partial charge in [0.05, 0.1) is 11.5 Å². The van der Waals surface area contributed by atoms with Gasteiger partial charge in [0, 0.05) is 6.04 Å². The lowest BCUT2D eigenvalue weighted by Gasteiger charge is -2.14. The van der Waals surface area contributed by atoms with Gasteiger partial charge >= 0.3 is 6.09 Å². The summed E-state index contributed by atoms with van der Waals surface area (Å²) in [7, 11) is -2.95. The Morgan fingerprint density at radius 3 is 2.73 bits per heavy atom. The molecule has 0 bridgehead atoms. The predicted molar refractivity (Wildman–Crippen MR) is 56.4 cm³/mol. The van der Waals surface area contributed by atoms with Crippen LogP contribution in [0.4, 0.5) is 4.79 Å². The number of hydrogen-bond acceptors (Lipinski definition) is 4. The monoisotopic (exact) mass is 235 g/mol. The summed E-state index contributed by atoms with van der Waals surface area (Å²) in [6.07, 6.45) is 0.573. The Bertz CT molecular complexity index is 325. The number of carbonyl (C=O) groups is 1. The molecule has 2 atom stereocenters. The molecule has 15 heavy (non-hydrogen) atoms. The van der Waals surface area contributed by atoms with Crippen molar-refractivity contribution in [3.8, 4) is 0 Å². The van der Waals surface area contributed by atoms with E-state index >= 15 is 0 Å². The van der Waals surface area contributed by atoms with E-state index in [9.17, 15) is 13.2 Å². The molecule has 1 rings (SSSR count). The Morgan fingerprint density at radius 2 is 2.27 bits per heavy atom. The van der Waals surface area contributed by atoms with Gasteiger partial charge in [0.25, 0.3) is 0 Å². The number of ether oxygens (including phenoxy) is 1. The molecule has 0 saturated carbocycles. The third kappa shape index (κ3) is 4.07. The van der Waals surface area contributed by atoms with Crippen LogP contribution in [-0.2, 0) is 14.6 Å². The summed E-state index contributed by atoms with van der Waals surface area (Å²) < 4.78 is 27.2. The lowest BCUT2D eigenvalue weighted by molar-refractivity contribution is 0.102. The lowest BCUT2D eigenvalue weighted by atomic mass is 10.3. The second kappa shape index (κ2) is 4.83. The van der Waals surface area contributed by atoms with Gasteiger partial charge in [-0.05, 0) is 19.8 Å². The molecule has 0 aromatic heterocycles. The molecule has 88 valence electrons.